The molecule has 0 aromatic heterocycles. The lowest BCUT2D eigenvalue weighted by molar-refractivity contribution is -0.149. The van der Waals surface area contributed by atoms with E-state index in [1.54, 1.807) is 45.0 Å². The number of hydrogen-bond donors (Lipinski definition) is 2. The highest BCUT2D eigenvalue weighted by atomic mass is 16.6. The SMILES string of the molecule is CCC.C[C@@H]1CCC[C@H](COC(=O)C(NC(=O)CNC(=O)OC(C)(C)C)c2ccccc2)C1. The quantitative estimate of drug-likeness (QED) is 0.546. The van der Waals surface area contributed by atoms with E-state index >= 15 is 0 Å². The first kappa shape index (κ1) is 28.5. The highest BCUT2D eigenvalue weighted by Crippen LogP contribution is 2.29. The van der Waals surface area contributed by atoms with Crippen molar-refractivity contribution in [1.82, 2.24) is 10.6 Å². The van der Waals surface area contributed by atoms with Crippen molar-refractivity contribution in [3.63, 3.8) is 0 Å². The molecule has 2 amide bonds. The van der Waals surface area contributed by atoms with Crippen molar-refractivity contribution in [2.45, 2.75) is 85.3 Å². The van der Waals surface area contributed by atoms with Gasteiger partial charge in [-0.25, -0.2) is 9.59 Å². The molecule has 2 rings (SSSR count). The summed E-state index contributed by atoms with van der Waals surface area (Å²) >= 11 is 0. The van der Waals surface area contributed by atoms with Crippen LogP contribution < -0.4 is 10.6 Å². The number of ether oxygens (including phenoxy) is 2. The number of esters is 1. The third kappa shape index (κ3) is 12.3. The smallest absolute Gasteiger partial charge is 0.408 e. The molecule has 7 nitrogen and oxygen atoms in total. The summed E-state index contributed by atoms with van der Waals surface area (Å²) < 4.78 is 10.7. The van der Waals surface area contributed by atoms with Crippen LogP contribution in [0.3, 0.4) is 0 Å². The fraction of sp³-hybridized carbons (Fsp3) is 0.654. The highest BCUT2D eigenvalue weighted by Gasteiger charge is 2.27. The van der Waals surface area contributed by atoms with E-state index in [1.807, 2.05) is 6.07 Å². The molecule has 33 heavy (non-hydrogen) atoms. The van der Waals surface area contributed by atoms with Crippen LogP contribution in [0.25, 0.3) is 0 Å². The first-order valence-corrected chi connectivity index (χ1v) is 12.0. The number of amides is 2. The van der Waals surface area contributed by atoms with Crippen LogP contribution in [0.2, 0.25) is 0 Å². The van der Waals surface area contributed by atoms with E-state index in [2.05, 4.69) is 31.4 Å². The number of nitrogens with one attached hydrogen (secondary N) is 2. The fourth-order valence-corrected chi connectivity index (χ4v) is 3.60. The number of alkyl carbamates (subject to hydrolysis) is 1. The molecule has 0 aliphatic heterocycles. The van der Waals surface area contributed by atoms with Gasteiger partial charge >= 0.3 is 12.1 Å². The summed E-state index contributed by atoms with van der Waals surface area (Å²) in [7, 11) is 0. The zero-order chi connectivity index (χ0) is 24.9. The number of carbonyl (C=O) groups is 3. The van der Waals surface area contributed by atoms with E-state index in [-0.39, 0.29) is 6.54 Å². The molecular formula is C26H42N2O5. The van der Waals surface area contributed by atoms with Crippen LogP contribution in [0.5, 0.6) is 0 Å². The lowest BCUT2D eigenvalue weighted by atomic mass is 9.83. The van der Waals surface area contributed by atoms with Gasteiger partial charge in [-0.05, 0) is 51.0 Å². The van der Waals surface area contributed by atoms with Gasteiger partial charge in [0, 0.05) is 0 Å². The van der Waals surface area contributed by atoms with Crippen LogP contribution >= 0.6 is 0 Å². The Morgan fingerprint density at radius 3 is 2.30 bits per heavy atom. The van der Waals surface area contributed by atoms with Gasteiger partial charge in [0.2, 0.25) is 5.91 Å². The van der Waals surface area contributed by atoms with Crippen molar-refractivity contribution in [2.75, 3.05) is 13.2 Å². The molecule has 1 fully saturated rings. The van der Waals surface area contributed by atoms with Crippen LogP contribution in [0.4, 0.5) is 4.79 Å². The van der Waals surface area contributed by atoms with E-state index in [1.165, 1.54) is 12.8 Å². The molecule has 7 heteroatoms. The average Bonchev–Trinajstić information content (AvgIpc) is 2.74. The molecule has 1 aliphatic carbocycles. The van der Waals surface area contributed by atoms with Crippen LogP contribution in [-0.2, 0) is 19.1 Å². The summed E-state index contributed by atoms with van der Waals surface area (Å²) in [4.78, 5) is 36.9. The van der Waals surface area contributed by atoms with Crippen molar-refractivity contribution in [3.05, 3.63) is 35.9 Å². The number of rotatable bonds is 7. The molecular weight excluding hydrogens is 420 g/mol. The van der Waals surface area contributed by atoms with Gasteiger partial charge in [0.1, 0.15) is 12.1 Å². The van der Waals surface area contributed by atoms with Gasteiger partial charge < -0.3 is 20.1 Å². The second-order valence-corrected chi connectivity index (χ2v) is 9.74. The Hall–Kier alpha value is -2.57. The maximum atomic E-state index is 12.8. The van der Waals surface area contributed by atoms with Gasteiger partial charge in [-0.15, -0.1) is 0 Å². The molecule has 1 unspecified atom stereocenters. The fourth-order valence-electron chi connectivity index (χ4n) is 3.60. The molecule has 1 aliphatic rings. The van der Waals surface area contributed by atoms with Gasteiger partial charge in [0.05, 0.1) is 6.61 Å². The van der Waals surface area contributed by atoms with Crippen molar-refractivity contribution in [2.24, 2.45) is 11.8 Å². The predicted octanol–water partition coefficient (Wildman–Crippen LogP) is 5.15. The van der Waals surface area contributed by atoms with Crippen LogP contribution in [0.1, 0.15) is 85.3 Å². The summed E-state index contributed by atoms with van der Waals surface area (Å²) in [5.74, 6) is 0.00709. The first-order valence-electron chi connectivity index (χ1n) is 12.0. The third-order valence-corrected chi connectivity index (χ3v) is 4.97. The zero-order valence-electron chi connectivity index (χ0n) is 21.1. The second kappa shape index (κ2) is 14.6. The molecule has 186 valence electrons. The van der Waals surface area contributed by atoms with Crippen molar-refractivity contribution < 1.29 is 23.9 Å². The first-order chi connectivity index (χ1) is 15.6. The Morgan fingerprint density at radius 2 is 1.73 bits per heavy atom. The molecule has 1 saturated carbocycles. The molecule has 0 bridgehead atoms. The Morgan fingerprint density at radius 1 is 1.09 bits per heavy atom. The zero-order valence-corrected chi connectivity index (χ0v) is 21.1. The minimum Gasteiger partial charge on any atom is -0.464 e. The lowest BCUT2D eigenvalue weighted by Crippen LogP contribution is -2.43. The molecule has 3 atom stereocenters. The lowest BCUT2D eigenvalue weighted by Gasteiger charge is -2.27. The monoisotopic (exact) mass is 462 g/mol. The number of carbonyl (C=O) groups excluding carboxylic acids is 3. The largest absolute Gasteiger partial charge is 0.464 e. The van der Waals surface area contributed by atoms with Crippen molar-refractivity contribution in [1.29, 1.82) is 0 Å². The van der Waals surface area contributed by atoms with Crippen LogP contribution in [0.15, 0.2) is 30.3 Å². The van der Waals surface area contributed by atoms with Gasteiger partial charge in [0.15, 0.2) is 6.04 Å². The molecule has 0 radical (unpaired) electrons. The summed E-state index contributed by atoms with van der Waals surface area (Å²) in [5.41, 5.74) is -0.0294. The Kier molecular flexibility index (Phi) is 12.6. The highest BCUT2D eigenvalue weighted by molar-refractivity contribution is 5.88. The van der Waals surface area contributed by atoms with Crippen LogP contribution in [0, 0.1) is 11.8 Å². The van der Waals surface area contributed by atoms with Crippen molar-refractivity contribution >= 4 is 18.0 Å². The minimum absolute atomic E-state index is 0.300. The number of hydrogen-bond acceptors (Lipinski definition) is 5. The summed E-state index contributed by atoms with van der Waals surface area (Å²) in [6.07, 6.45) is 5.04. The summed E-state index contributed by atoms with van der Waals surface area (Å²) in [5, 5.41) is 5.06. The maximum absolute atomic E-state index is 12.8. The van der Waals surface area contributed by atoms with E-state index in [0.717, 1.165) is 19.3 Å². The molecule has 0 heterocycles. The molecule has 1 aromatic carbocycles. The third-order valence-electron chi connectivity index (χ3n) is 4.97. The standard InChI is InChI=1S/C23H34N2O5.C3H8/c1-16-9-8-10-17(13-16)15-29-21(27)20(18-11-6-5-7-12-18)25-19(26)14-24-22(28)30-23(2,3)4;1-3-2/h5-7,11-12,16-17,20H,8-10,13-15H2,1-4H3,(H,24,28)(H,25,26);3H2,1-2H3/t16-,17+,20?;/m1./s1. The van der Waals surface area contributed by atoms with Gasteiger partial charge in [-0.1, -0.05) is 70.4 Å². The van der Waals surface area contributed by atoms with E-state index in [9.17, 15) is 14.4 Å². The van der Waals surface area contributed by atoms with E-state index in [4.69, 9.17) is 9.47 Å². The topological polar surface area (TPSA) is 93.7 Å². The molecule has 1 aromatic rings. The second-order valence-electron chi connectivity index (χ2n) is 9.74. The van der Waals surface area contributed by atoms with Crippen molar-refractivity contribution in [3.8, 4) is 0 Å². The molecule has 0 spiro atoms. The number of benzene rings is 1. The average molecular weight is 463 g/mol. The normalized spacial score (nSPS) is 18.7. The Bertz CT molecular complexity index is 730. The van der Waals surface area contributed by atoms with Gasteiger partial charge in [0.25, 0.3) is 0 Å². The van der Waals surface area contributed by atoms with Crippen LogP contribution in [-0.4, -0.2) is 36.7 Å². The Balaban J connectivity index is 0.00000172. The molecule has 2 N–H and O–H groups in total. The Labute approximate surface area is 199 Å². The minimum atomic E-state index is -0.930. The predicted molar refractivity (Wildman–Crippen MR) is 130 cm³/mol. The van der Waals surface area contributed by atoms with Gasteiger partial charge in [-0.3, -0.25) is 4.79 Å². The summed E-state index contributed by atoms with van der Waals surface area (Å²) in [6.45, 7) is 11.7. The van der Waals surface area contributed by atoms with E-state index in [0.29, 0.717) is 24.0 Å². The summed E-state index contributed by atoms with van der Waals surface area (Å²) in [6, 6.07) is 8.01. The molecule has 0 saturated heterocycles. The van der Waals surface area contributed by atoms with E-state index < -0.39 is 29.6 Å². The van der Waals surface area contributed by atoms with Gasteiger partial charge in [-0.2, -0.15) is 0 Å². The maximum Gasteiger partial charge on any atom is 0.408 e.